The second-order valence-corrected chi connectivity index (χ2v) is 5.68. The molecule has 3 aromatic heterocycles. The number of thiazole rings is 1. The van der Waals surface area contributed by atoms with Crippen molar-refractivity contribution < 1.29 is 0 Å². The molecular formula is C14H13N5S. The van der Waals surface area contributed by atoms with Crippen molar-refractivity contribution in [2.75, 3.05) is 0 Å². The molecule has 1 atom stereocenters. The van der Waals surface area contributed by atoms with E-state index in [2.05, 4.69) is 26.2 Å². The van der Waals surface area contributed by atoms with E-state index in [-0.39, 0.29) is 0 Å². The molecule has 1 unspecified atom stereocenters. The molecule has 0 saturated heterocycles. The molecule has 0 amide bonds. The third-order valence-corrected chi connectivity index (χ3v) is 4.48. The summed E-state index contributed by atoms with van der Waals surface area (Å²) in [6, 6.07) is 4.28. The van der Waals surface area contributed by atoms with Crippen LogP contribution in [0.2, 0.25) is 0 Å². The topological polar surface area (TPSA) is 78.2 Å². The third kappa shape index (κ3) is 1.87. The summed E-state index contributed by atoms with van der Waals surface area (Å²) in [5, 5.41) is 20.0. The number of rotatable bonds is 3. The molecule has 3 heterocycles. The number of H-pyrrole nitrogens is 1. The van der Waals surface area contributed by atoms with Crippen LogP contribution in [0.15, 0.2) is 23.8 Å². The largest absolute Gasteiger partial charge is 0.261 e. The van der Waals surface area contributed by atoms with Gasteiger partial charge < -0.3 is 0 Å². The van der Waals surface area contributed by atoms with Crippen LogP contribution >= 0.6 is 11.3 Å². The van der Waals surface area contributed by atoms with Gasteiger partial charge in [0.2, 0.25) is 0 Å². The molecular weight excluding hydrogens is 270 g/mol. The zero-order chi connectivity index (χ0) is 14.2. The van der Waals surface area contributed by atoms with Crippen LogP contribution in [-0.2, 0) is 5.41 Å². The lowest BCUT2D eigenvalue weighted by atomic mass is 9.86. The van der Waals surface area contributed by atoms with Crippen molar-refractivity contribution in [3.05, 3.63) is 29.5 Å². The molecule has 0 aromatic carbocycles. The van der Waals surface area contributed by atoms with Gasteiger partial charge in [-0.05, 0) is 19.4 Å². The van der Waals surface area contributed by atoms with Crippen LogP contribution in [0.4, 0.5) is 0 Å². The first-order chi connectivity index (χ1) is 9.68. The first-order valence-electron chi connectivity index (χ1n) is 6.33. The van der Waals surface area contributed by atoms with E-state index >= 15 is 0 Å². The normalized spacial score (nSPS) is 14.1. The molecule has 5 nitrogen and oxygen atoms in total. The molecule has 0 aliphatic carbocycles. The van der Waals surface area contributed by atoms with Gasteiger partial charge in [0.25, 0.3) is 0 Å². The van der Waals surface area contributed by atoms with Gasteiger partial charge in [0.1, 0.15) is 5.01 Å². The summed E-state index contributed by atoms with van der Waals surface area (Å²) in [7, 11) is 0. The monoisotopic (exact) mass is 283 g/mol. The van der Waals surface area contributed by atoms with Crippen molar-refractivity contribution in [1.29, 1.82) is 5.26 Å². The van der Waals surface area contributed by atoms with E-state index in [0.29, 0.717) is 0 Å². The lowest BCUT2D eigenvalue weighted by Gasteiger charge is -2.15. The molecule has 20 heavy (non-hydrogen) atoms. The number of fused-ring (bicyclic) bond motifs is 1. The Bertz CT molecular complexity index is 797. The molecule has 3 rings (SSSR count). The Morgan fingerprint density at radius 3 is 3.10 bits per heavy atom. The predicted octanol–water partition coefficient (Wildman–Crippen LogP) is 3.27. The predicted molar refractivity (Wildman–Crippen MR) is 78.3 cm³/mol. The molecule has 100 valence electrons. The molecule has 3 aromatic rings. The smallest absolute Gasteiger partial charge is 0.155 e. The second-order valence-electron chi connectivity index (χ2n) is 4.83. The standard InChI is InChI=1S/C14H13N5S/c1-3-14(2,8-15)11-7-20-13(18-11)9-4-5-16-12-10(9)6-17-19-12/h4-7H,3H2,1-2H3,(H,16,17,19). The third-order valence-electron chi connectivity index (χ3n) is 3.61. The van der Waals surface area contributed by atoms with E-state index in [9.17, 15) is 5.26 Å². The van der Waals surface area contributed by atoms with Gasteiger partial charge in [0, 0.05) is 22.5 Å². The van der Waals surface area contributed by atoms with Gasteiger partial charge in [-0.1, -0.05) is 6.92 Å². The lowest BCUT2D eigenvalue weighted by Crippen LogP contribution is -2.18. The molecule has 0 radical (unpaired) electrons. The number of nitrogens with zero attached hydrogens (tertiary/aromatic N) is 4. The van der Waals surface area contributed by atoms with E-state index in [1.165, 1.54) is 0 Å². The van der Waals surface area contributed by atoms with Crippen molar-refractivity contribution in [1.82, 2.24) is 20.2 Å². The summed E-state index contributed by atoms with van der Waals surface area (Å²) in [4.78, 5) is 8.87. The van der Waals surface area contributed by atoms with Gasteiger partial charge >= 0.3 is 0 Å². The quantitative estimate of drug-likeness (QED) is 0.800. The van der Waals surface area contributed by atoms with E-state index in [1.54, 1.807) is 23.7 Å². The average molecular weight is 283 g/mol. The highest BCUT2D eigenvalue weighted by Crippen LogP contribution is 2.34. The molecule has 0 bridgehead atoms. The number of pyridine rings is 1. The van der Waals surface area contributed by atoms with Crippen LogP contribution in [0.25, 0.3) is 21.6 Å². The van der Waals surface area contributed by atoms with Crippen LogP contribution in [0.3, 0.4) is 0 Å². The highest BCUT2D eigenvalue weighted by atomic mass is 32.1. The number of hydrogen-bond acceptors (Lipinski definition) is 5. The maximum absolute atomic E-state index is 9.35. The van der Waals surface area contributed by atoms with E-state index < -0.39 is 5.41 Å². The summed E-state index contributed by atoms with van der Waals surface area (Å²) in [5.41, 5.74) is 2.04. The van der Waals surface area contributed by atoms with E-state index in [1.807, 2.05) is 25.3 Å². The Morgan fingerprint density at radius 1 is 1.50 bits per heavy atom. The van der Waals surface area contributed by atoms with Gasteiger partial charge in [-0.15, -0.1) is 11.3 Å². The first kappa shape index (κ1) is 12.8. The Hall–Kier alpha value is -2.26. The number of aromatic nitrogens is 4. The zero-order valence-electron chi connectivity index (χ0n) is 11.2. The maximum Gasteiger partial charge on any atom is 0.155 e. The van der Waals surface area contributed by atoms with Crippen LogP contribution in [0.5, 0.6) is 0 Å². The van der Waals surface area contributed by atoms with Crippen molar-refractivity contribution in [2.45, 2.75) is 25.7 Å². The summed E-state index contributed by atoms with van der Waals surface area (Å²) in [6.07, 6.45) is 4.23. The molecule has 6 heteroatoms. The Morgan fingerprint density at radius 2 is 2.35 bits per heavy atom. The summed E-state index contributed by atoms with van der Waals surface area (Å²) < 4.78 is 0. The van der Waals surface area contributed by atoms with Crippen molar-refractivity contribution >= 4 is 22.4 Å². The molecule has 1 N–H and O–H groups in total. The zero-order valence-corrected chi connectivity index (χ0v) is 12.0. The fourth-order valence-electron chi connectivity index (χ4n) is 2.01. The average Bonchev–Trinajstić information content (AvgIpc) is 3.14. The number of nitriles is 1. The van der Waals surface area contributed by atoms with Crippen LogP contribution in [0, 0.1) is 11.3 Å². The van der Waals surface area contributed by atoms with Crippen molar-refractivity contribution in [3.63, 3.8) is 0 Å². The highest BCUT2D eigenvalue weighted by Gasteiger charge is 2.27. The van der Waals surface area contributed by atoms with Crippen molar-refractivity contribution in [3.8, 4) is 16.6 Å². The highest BCUT2D eigenvalue weighted by molar-refractivity contribution is 7.13. The Balaban J connectivity index is 2.11. The van der Waals surface area contributed by atoms with E-state index in [0.717, 1.165) is 33.7 Å². The van der Waals surface area contributed by atoms with Crippen molar-refractivity contribution in [2.24, 2.45) is 0 Å². The fourth-order valence-corrected chi connectivity index (χ4v) is 3.00. The first-order valence-corrected chi connectivity index (χ1v) is 7.21. The SMILES string of the molecule is CCC(C)(C#N)c1csc(-c2ccnc3[nH]ncc23)n1. The van der Waals surface area contributed by atoms with Gasteiger partial charge in [0.15, 0.2) is 5.65 Å². The number of hydrogen-bond donors (Lipinski definition) is 1. The Labute approximate surface area is 120 Å². The van der Waals surface area contributed by atoms with E-state index in [4.69, 9.17) is 0 Å². The van der Waals surface area contributed by atoms with Crippen LogP contribution in [-0.4, -0.2) is 20.2 Å². The number of aromatic amines is 1. The minimum absolute atomic E-state index is 0.530. The van der Waals surface area contributed by atoms with Crippen LogP contribution in [0.1, 0.15) is 26.0 Å². The summed E-state index contributed by atoms with van der Waals surface area (Å²) >= 11 is 1.55. The summed E-state index contributed by atoms with van der Waals surface area (Å²) in [6.45, 7) is 3.93. The molecule has 0 fully saturated rings. The molecule has 0 saturated carbocycles. The number of nitrogens with one attached hydrogen (secondary N) is 1. The Kier molecular flexibility index (Phi) is 2.99. The molecule has 0 spiro atoms. The summed E-state index contributed by atoms with van der Waals surface area (Å²) in [5.74, 6) is 0. The lowest BCUT2D eigenvalue weighted by molar-refractivity contribution is 0.572. The molecule has 0 aliphatic heterocycles. The molecule has 0 aliphatic rings. The second kappa shape index (κ2) is 4.69. The minimum Gasteiger partial charge on any atom is -0.261 e. The fraction of sp³-hybridized carbons (Fsp3) is 0.286. The van der Waals surface area contributed by atoms with Gasteiger partial charge in [-0.2, -0.15) is 10.4 Å². The van der Waals surface area contributed by atoms with Gasteiger partial charge in [-0.25, -0.2) is 9.97 Å². The van der Waals surface area contributed by atoms with Gasteiger partial charge in [0.05, 0.1) is 23.4 Å². The maximum atomic E-state index is 9.35. The minimum atomic E-state index is -0.530. The van der Waals surface area contributed by atoms with Gasteiger partial charge in [-0.3, -0.25) is 5.10 Å². The van der Waals surface area contributed by atoms with Crippen LogP contribution < -0.4 is 0 Å².